The minimum atomic E-state index is -4.81. The van der Waals surface area contributed by atoms with Crippen LogP contribution in [0.1, 0.15) is 12.8 Å². The van der Waals surface area contributed by atoms with Crippen LogP contribution in [0.3, 0.4) is 0 Å². The second-order valence-corrected chi connectivity index (χ2v) is 16.2. The summed E-state index contributed by atoms with van der Waals surface area (Å²) in [4.78, 5) is 56.6. The van der Waals surface area contributed by atoms with E-state index in [0.29, 0.717) is 0 Å². The van der Waals surface area contributed by atoms with Gasteiger partial charge >= 0.3 is 72.2 Å². The molecular weight excluding hydrogens is 937 g/mol. The highest BCUT2D eigenvalue weighted by molar-refractivity contribution is 7.82. The van der Waals surface area contributed by atoms with Crippen molar-refractivity contribution in [3.63, 3.8) is 0 Å². The molecule has 4 atom stereocenters. The molecule has 3 aliphatic heterocycles. The summed E-state index contributed by atoms with van der Waals surface area (Å²) < 4.78 is 177. The molecule has 0 amide bonds. The molecule has 0 aromatic carbocycles. The van der Waals surface area contributed by atoms with Crippen LogP contribution in [0, 0.1) is 0 Å². The molecule has 3 rings (SSSR count). The summed E-state index contributed by atoms with van der Waals surface area (Å²) in [7, 11) is -18.8. The number of cyclic esters (lactones) is 3. The topological polar surface area (TPSA) is 388 Å². The van der Waals surface area contributed by atoms with Gasteiger partial charge in [0.2, 0.25) is 0 Å². The third-order valence-electron chi connectivity index (χ3n) is 6.58. The average molecular weight is 975 g/mol. The van der Waals surface area contributed by atoms with Crippen LogP contribution in [0.2, 0.25) is 0 Å². The summed E-state index contributed by atoms with van der Waals surface area (Å²) in [6, 6.07) is 0. The third-order valence-corrected chi connectivity index (χ3v) is 10.2. The normalized spacial score (nSPS) is 21.4. The van der Waals surface area contributed by atoms with E-state index in [1.165, 1.54) is 0 Å². The molecule has 3 heterocycles. The Morgan fingerprint density at radius 2 is 0.951 bits per heavy atom. The minimum absolute atomic E-state index is 0.0994. The number of carbonyl (C=O) groups excluding carboxylic acids is 5. The van der Waals surface area contributed by atoms with Crippen LogP contribution in [0.4, 0.5) is 19.2 Å². The van der Waals surface area contributed by atoms with E-state index < -0.39 is 176 Å². The lowest BCUT2D eigenvalue weighted by atomic mass is 10.1. The van der Waals surface area contributed by atoms with Crippen molar-refractivity contribution in [1.29, 1.82) is 0 Å². The first-order chi connectivity index (χ1) is 28.7. The van der Waals surface area contributed by atoms with Gasteiger partial charge in [-0.1, -0.05) is 0 Å². The smallest absolute Gasteiger partial charge is 0.461 e. The van der Waals surface area contributed by atoms with E-state index in [1.54, 1.807) is 0 Å². The van der Waals surface area contributed by atoms with Crippen molar-refractivity contribution in [3.8, 4) is 0 Å². The van der Waals surface area contributed by atoms with Crippen LogP contribution < -0.4 is 0 Å². The molecule has 31 nitrogen and oxygen atoms in total. The summed E-state index contributed by atoms with van der Waals surface area (Å²) in [5.41, 5.74) is 0. The Kier molecular flexibility index (Phi) is 21.2. The van der Waals surface area contributed by atoms with Crippen LogP contribution in [-0.4, -0.2) is 188 Å². The fourth-order valence-electron chi connectivity index (χ4n) is 4.04. The van der Waals surface area contributed by atoms with Gasteiger partial charge in [0.05, 0.1) is 39.6 Å². The minimum Gasteiger partial charge on any atom is -0.461 e. The number of hydrogen-bond donors (Lipinski definition) is 0. The maximum Gasteiger partial charge on any atom is 0.508 e. The van der Waals surface area contributed by atoms with Crippen molar-refractivity contribution in [3.05, 3.63) is 0 Å². The van der Waals surface area contributed by atoms with E-state index in [2.05, 4.69) is 53.5 Å². The molecule has 61 heavy (non-hydrogen) atoms. The Balaban J connectivity index is 1.19. The van der Waals surface area contributed by atoms with Gasteiger partial charge in [-0.2, -0.15) is 33.7 Å². The molecule has 3 saturated heterocycles. The molecule has 4 unspecified atom stereocenters. The molecule has 3 fully saturated rings. The van der Waals surface area contributed by atoms with E-state index in [4.69, 9.17) is 27.3 Å². The molecule has 0 radical (unpaired) electrons. The number of ether oxygens (including phenoxy) is 10. The van der Waals surface area contributed by atoms with E-state index >= 15 is 0 Å². The molecule has 0 bridgehead atoms. The highest BCUT2D eigenvalue weighted by atomic mass is 32.3. The number of rotatable bonds is 28. The van der Waals surface area contributed by atoms with Crippen molar-refractivity contribution >= 4 is 72.2 Å². The quantitative estimate of drug-likeness (QED) is 0.0447. The second kappa shape index (κ2) is 25.2. The molecule has 0 spiro atoms. The van der Waals surface area contributed by atoms with E-state index in [-0.39, 0.29) is 32.8 Å². The van der Waals surface area contributed by atoms with Gasteiger partial charge in [0, 0.05) is 12.8 Å². The van der Waals surface area contributed by atoms with Gasteiger partial charge < -0.3 is 47.4 Å². The maximum atomic E-state index is 12.0. The van der Waals surface area contributed by atoms with Gasteiger partial charge in [0.1, 0.15) is 77.8 Å². The Hall–Kier alpha value is -4.01. The van der Waals surface area contributed by atoms with Crippen molar-refractivity contribution in [2.75, 3.05) is 99.1 Å². The summed E-state index contributed by atoms with van der Waals surface area (Å²) in [5.74, 6) is -0.553. The SMILES string of the molecule is O=C1COC(COC(=O)OCCOC(=O)OCCOC(=O)OCCC2OS(=O)(=O)OC2CCOS(=O)(=O)OCCOS(=O)(=O)OCCOS(=O)(=O)OCC2COC(=O)O2)CO1. The van der Waals surface area contributed by atoms with E-state index in [9.17, 15) is 57.6 Å². The summed E-state index contributed by atoms with van der Waals surface area (Å²) in [5, 5.41) is 0. The molecule has 352 valence electrons. The molecule has 0 aromatic rings. The Labute approximate surface area is 346 Å². The lowest BCUT2D eigenvalue weighted by Gasteiger charge is -2.21. The standard InChI is InChI=1S/C26H38O31S4/c27-22-17-45-18(13-46-22)14-47-25(30)44-8-7-43-24(29)42-6-5-41-23(28)40-3-1-20-21(57-61(38,39)56-20)2-4-49-58(32,33)50-9-10-51-59(34,35)52-11-12-53-60(36,37)54-16-19-15-48-26(31)55-19/h18-21H,1-17H2. The van der Waals surface area contributed by atoms with Crippen molar-refractivity contribution in [2.45, 2.75) is 37.3 Å². The zero-order valence-corrected chi connectivity index (χ0v) is 34.4. The highest BCUT2D eigenvalue weighted by Gasteiger charge is 2.40. The van der Waals surface area contributed by atoms with Crippen molar-refractivity contribution < 1.29 is 138 Å². The van der Waals surface area contributed by atoms with Crippen molar-refractivity contribution in [1.82, 2.24) is 0 Å². The Morgan fingerprint density at radius 1 is 0.525 bits per heavy atom. The van der Waals surface area contributed by atoms with Crippen molar-refractivity contribution in [2.24, 2.45) is 0 Å². The Morgan fingerprint density at radius 3 is 1.41 bits per heavy atom. The molecule has 3 aliphatic rings. The highest BCUT2D eigenvalue weighted by Crippen LogP contribution is 2.26. The fourth-order valence-corrected chi connectivity index (χ4v) is 7.04. The molecule has 35 heteroatoms. The first kappa shape index (κ1) is 51.3. The van der Waals surface area contributed by atoms with Crippen LogP contribution in [0.5, 0.6) is 0 Å². The largest absolute Gasteiger partial charge is 0.508 e. The zero-order valence-electron chi connectivity index (χ0n) is 31.1. The third kappa shape index (κ3) is 22.6. The summed E-state index contributed by atoms with van der Waals surface area (Å²) >= 11 is 0. The van der Waals surface area contributed by atoms with Crippen LogP contribution in [0.25, 0.3) is 0 Å². The number of hydrogen-bond acceptors (Lipinski definition) is 31. The van der Waals surface area contributed by atoms with Gasteiger partial charge in [-0.05, 0) is 0 Å². The monoisotopic (exact) mass is 974 g/mol. The van der Waals surface area contributed by atoms with Gasteiger partial charge in [0.25, 0.3) is 0 Å². The second-order valence-electron chi connectivity index (χ2n) is 11.1. The first-order valence-corrected chi connectivity index (χ1v) is 22.3. The van der Waals surface area contributed by atoms with Gasteiger partial charge in [-0.25, -0.2) is 57.4 Å². The fraction of sp³-hybridized carbons (Fsp3) is 0.808. The van der Waals surface area contributed by atoms with Crippen LogP contribution in [-0.2, 0) is 127 Å². The van der Waals surface area contributed by atoms with Crippen LogP contribution >= 0.6 is 0 Å². The van der Waals surface area contributed by atoms with Gasteiger partial charge in [-0.15, -0.1) is 0 Å². The predicted molar refractivity (Wildman–Crippen MR) is 179 cm³/mol. The molecule has 0 aliphatic carbocycles. The number of carbonyl (C=O) groups is 5. The van der Waals surface area contributed by atoms with Crippen LogP contribution in [0.15, 0.2) is 0 Å². The summed E-state index contributed by atoms with van der Waals surface area (Å²) in [6.45, 7) is -8.19. The molecule has 0 N–H and O–H groups in total. The van der Waals surface area contributed by atoms with E-state index in [0.717, 1.165) is 0 Å². The zero-order chi connectivity index (χ0) is 44.9. The molecule has 0 aromatic heterocycles. The average Bonchev–Trinajstić information content (AvgIpc) is 3.74. The van der Waals surface area contributed by atoms with E-state index in [1.807, 2.05) is 0 Å². The maximum absolute atomic E-state index is 12.0. The molecule has 0 saturated carbocycles. The van der Waals surface area contributed by atoms with Gasteiger partial charge in [-0.3, -0.25) is 0 Å². The Bertz CT molecular complexity index is 1890. The first-order valence-electron chi connectivity index (χ1n) is 16.9. The molecular formula is C26H38O31S4. The lowest BCUT2D eigenvalue weighted by Crippen LogP contribution is -2.36. The predicted octanol–water partition coefficient (Wildman–Crippen LogP) is -2.43. The summed E-state index contributed by atoms with van der Waals surface area (Å²) in [6.07, 6.45) is -9.61. The lowest BCUT2D eigenvalue weighted by molar-refractivity contribution is -0.171. The number of esters is 1. The van der Waals surface area contributed by atoms with Gasteiger partial charge in [0.15, 0.2) is 6.10 Å².